The molecule has 0 radical (unpaired) electrons. The van der Waals surface area contributed by atoms with Crippen LogP contribution in [0.15, 0.2) is 30.6 Å². The number of nitrogens with zero attached hydrogens (tertiary/aromatic N) is 4. The van der Waals surface area contributed by atoms with E-state index in [1.807, 2.05) is 0 Å². The highest BCUT2D eigenvalue weighted by atomic mass is 32.2. The van der Waals surface area contributed by atoms with Gasteiger partial charge in [0.25, 0.3) is 0 Å². The van der Waals surface area contributed by atoms with Crippen molar-refractivity contribution in [3.8, 4) is 17.0 Å². The molecular weight excluding hydrogens is 558 g/mol. The molecule has 0 saturated carbocycles. The molecule has 0 aliphatic rings. The standard InChI is InChI=1S/C24H25F4N7O4S/c1-4-18(36)21(30)20-15(29)9-16(13-8-14(25)19(37)7-12(13)10-24(26,27)28)34-22(20)33-11-17-23(32-6-5-31-17)35(2)40(3,38)39/h5-9,30,37H,4,10-11H2,1-3H3,(H3,29,33,34). The molecule has 5 N–H and O–H groups in total. The van der Waals surface area contributed by atoms with E-state index in [1.165, 1.54) is 26.4 Å². The van der Waals surface area contributed by atoms with Crippen molar-refractivity contribution in [1.29, 1.82) is 5.41 Å². The van der Waals surface area contributed by atoms with Gasteiger partial charge in [0.15, 0.2) is 23.2 Å². The third kappa shape index (κ3) is 6.80. The van der Waals surface area contributed by atoms with Crippen LogP contribution in [0.3, 0.4) is 0 Å². The van der Waals surface area contributed by atoms with Crippen LogP contribution < -0.4 is 15.4 Å². The molecule has 0 unspecified atom stereocenters. The number of hydrogen-bond donors (Lipinski definition) is 4. The molecule has 2 aromatic heterocycles. The number of alkyl halides is 3. The molecule has 0 saturated heterocycles. The van der Waals surface area contributed by atoms with Crippen molar-refractivity contribution in [3.05, 3.63) is 53.2 Å². The smallest absolute Gasteiger partial charge is 0.393 e. The van der Waals surface area contributed by atoms with E-state index in [2.05, 4.69) is 20.3 Å². The molecule has 0 aliphatic heterocycles. The van der Waals surface area contributed by atoms with Crippen molar-refractivity contribution < 1.29 is 35.9 Å². The number of sulfonamides is 1. The summed E-state index contributed by atoms with van der Waals surface area (Å²) in [6, 6.07) is 2.40. The summed E-state index contributed by atoms with van der Waals surface area (Å²) in [7, 11) is -2.48. The fourth-order valence-electron chi connectivity index (χ4n) is 3.69. The monoisotopic (exact) mass is 583 g/mol. The number of aromatic hydroxyl groups is 1. The quantitative estimate of drug-likeness (QED) is 0.206. The number of rotatable bonds is 10. The largest absolute Gasteiger partial charge is 0.505 e. The first-order valence-corrected chi connectivity index (χ1v) is 13.4. The van der Waals surface area contributed by atoms with E-state index >= 15 is 0 Å². The van der Waals surface area contributed by atoms with Gasteiger partial charge in [-0.05, 0) is 23.8 Å². The van der Waals surface area contributed by atoms with Gasteiger partial charge in [-0.25, -0.2) is 22.8 Å². The van der Waals surface area contributed by atoms with Gasteiger partial charge in [-0.15, -0.1) is 0 Å². The number of nitrogen functional groups attached to an aromatic ring is 1. The topological polar surface area (TPSA) is 175 Å². The van der Waals surface area contributed by atoms with E-state index in [1.54, 1.807) is 0 Å². The highest BCUT2D eigenvalue weighted by molar-refractivity contribution is 7.92. The van der Waals surface area contributed by atoms with E-state index in [9.17, 15) is 35.9 Å². The maximum Gasteiger partial charge on any atom is 0.393 e. The Morgan fingerprint density at radius 1 is 1.20 bits per heavy atom. The number of halogens is 4. The number of carbonyl (C=O) groups is 1. The molecule has 1 aromatic carbocycles. The summed E-state index contributed by atoms with van der Waals surface area (Å²) in [5, 5.41) is 20.8. The number of hydrogen-bond acceptors (Lipinski definition) is 10. The molecule has 0 aliphatic carbocycles. The van der Waals surface area contributed by atoms with E-state index in [-0.39, 0.29) is 52.8 Å². The normalized spacial score (nSPS) is 11.8. The molecule has 40 heavy (non-hydrogen) atoms. The van der Waals surface area contributed by atoms with Gasteiger partial charge in [0.1, 0.15) is 17.2 Å². The fourth-order valence-corrected chi connectivity index (χ4v) is 4.15. The van der Waals surface area contributed by atoms with Gasteiger partial charge in [0.2, 0.25) is 10.0 Å². The Hall–Kier alpha value is -4.34. The van der Waals surface area contributed by atoms with Gasteiger partial charge in [-0.1, -0.05) is 6.92 Å². The van der Waals surface area contributed by atoms with Crippen LogP contribution in [0.4, 0.5) is 34.9 Å². The highest BCUT2D eigenvalue weighted by Crippen LogP contribution is 2.36. The number of benzene rings is 1. The molecule has 11 nitrogen and oxygen atoms in total. The Labute approximate surface area is 226 Å². The van der Waals surface area contributed by atoms with Crippen LogP contribution in [-0.2, 0) is 27.8 Å². The first kappa shape index (κ1) is 30.2. The molecule has 0 bridgehead atoms. The van der Waals surface area contributed by atoms with Gasteiger partial charge >= 0.3 is 6.18 Å². The number of phenols is 1. The molecule has 3 rings (SSSR count). The summed E-state index contributed by atoms with van der Waals surface area (Å²) < 4.78 is 79.0. The van der Waals surface area contributed by atoms with Gasteiger partial charge < -0.3 is 16.2 Å². The van der Waals surface area contributed by atoms with Crippen LogP contribution in [0.2, 0.25) is 0 Å². The van der Waals surface area contributed by atoms with Crippen molar-refractivity contribution in [1.82, 2.24) is 15.0 Å². The zero-order valence-electron chi connectivity index (χ0n) is 21.5. The summed E-state index contributed by atoms with van der Waals surface area (Å²) in [5.41, 5.74) is 4.24. The van der Waals surface area contributed by atoms with Gasteiger partial charge in [-0.2, -0.15) is 13.2 Å². The minimum absolute atomic E-state index is 0.0454. The number of anilines is 3. The van der Waals surface area contributed by atoms with Crippen molar-refractivity contribution >= 4 is 38.8 Å². The zero-order chi connectivity index (χ0) is 30.0. The molecule has 0 fully saturated rings. The molecule has 2 heterocycles. The average molecular weight is 584 g/mol. The number of pyridine rings is 1. The summed E-state index contributed by atoms with van der Waals surface area (Å²) in [5.74, 6) is -3.09. The Morgan fingerprint density at radius 3 is 2.45 bits per heavy atom. The number of nitrogens with one attached hydrogen (secondary N) is 2. The minimum Gasteiger partial charge on any atom is -0.505 e. The minimum atomic E-state index is -4.71. The maximum absolute atomic E-state index is 14.3. The van der Waals surface area contributed by atoms with Gasteiger partial charge in [-0.3, -0.25) is 19.5 Å². The van der Waals surface area contributed by atoms with Crippen LogP contribution in [0.5, 0.6) is 5.75 Å². The predicted octanol–water partition coefficient (Wildman–Crippen LogP) is 3.43. The van der Waals surface area contributed by atoms with Gasteiger partial charge in [0.05, 0.1) is 30.5 Å². The lowest BCUT2D eigenvalue weighted by molar-refractivity contribution is -0.127. The summed E-state index contributed by atoms with van der Waals surface area (Å²) >= 11 is 0. The number of ketones is 1. The SMILES string of the molecule is CCC(=O)C(=N)c1c(N)cc(-c2cc(F)c(O)cc2CC(F)(F)F)nc1NCc1nccnc1N(C)S(C)(=O)=O. The average Bonchev–Trinajstić information content (AvgIpc) is 2.86. The lowest BCUT2D eigenvalue weighted by Crippen LogP contribution is -2.28. The third-order valence-corrected chi connectivity index (χ3v) is 6.88. The second-order valence-corrected chi connectivity index (χ2v) is 10.6. The van der Waals surface area contributed by atoms with E-state index in [0.717, 1.165) is 16.6 Å². The Morgan fingerprint density at radius 2 is 1.85 bits per heavy atom. The maximum atomic E-state index is 14.3. The number of nitrogens with two attached hydrogens (primary N) is 1. The fraction of sp³-hybridized carbons (Fsp3) is 0.292. The number of aromatic nitrogens is 3. The summed E-state index contributed by atoms with van der Waals surface area (Å²) in [6.07, 6.45) is -2.79. The lowest BCUT2D eigenvalue weighted by atomic mass is 9.97. The molecule has 3 aromatic rings. The van der Waals surface area contributed by atoms with E-state index in [4.69, 9.17) is 11.1 Å². The second kappa shape index (κ2) is 11.4. The Balaban J connectivity index is 2.19. The molecule has 0 amide bonds. The van der Waals surface area contributed by atoms with Crippen LogP contribution in [0.1, 0.15) is 30.2 Å². The van der Waals surface area contributed by atoms with Crippen molar-refractivity contribution in [2.24, 2.45) is 0 Å². The van der Waals surface area contributed by atoms with Crippen LogP contribution in [-0.4, -0.2) is 59.5 Å². The second-order valence-electron chi connectivity index (χ2n) is 8.64. The molecule has 0 spiro atoms. The Kier molecular flexibility index (Phi) is 8.62. The number of phenolic OH excluding ortho intramolecular Hbond substituents is 1. The van der Waals surface area contributed by atoms with Gasteiger partial charge in [0, 0.05) is 37.1 Å². The lowest BCUT2D eigenvalue weighted by Gasteiger charge is -2.20. The third-order valence-electron chi connectivity index (χ3n) is 5.71. The predicted molar refractivity (Wildman–Crippen MR) is 140 cm³/mol. The van der Waals surface area contributed by atoms with Crippen LogP contribution in [0.25, 0.3) is 11.3 Å². The van der Waals surface area contributed by atoms with Crippen molar-refractivity contribution in [2.75, 3.05) is 28.7 Å². The molecule has 0 atom stereocenters. The van der Waals surface area contributed by atoms with E-state index < -0.39 is 51.2 Å². The first-order valence-electron chi connectivity index (χ1n) is 11.5. The number of carbonyl (C=O) groups excluding carboxylic acids is 1. The molecule has 16 heteroatoms. The Bertz CT molecular complexity index is 1580. The highest BCUT2D eigenvalue weighted by Gasteiger charge is 2.31. The number of Topliss-reactive ketones (excluding diaryl/α,β-unsaturated/α-hetero) is 1. The summed E-state index contributed by atoms with van der Waals surface area (Å²) in [6.45, 7) is 1.25. The molecule has 214 valence electrons. The van der Waals surface area contributed by atoms with Crippen molar-refractivity contribution in [2.45, 2.75) is 32.5 Å². The summed E-state index contributed by atoms with van der Waals surface area (Å²) in [4.78, 5) is 24.8. The van der Waals surface area contributed by atoms with Crippen LogP contribution in [0, 0.1) is 11.2 Å². The van der Waals surface area contributed by atoms with E-state index in [0.29, 0.717) is 12.1 Å². The zero-order valence-corrected chi connectivity index (χ0v) is 22.3. The van der Waals surface area contributed by atoms with Crippen LogP contribution >= 0.6 is 0 Å². The van der Waals surface area contributed by atoms with Crippen molar-refractivity contribution in [3.63, 3.8) is 0 Å². The molecular formula is C24H25F4N7O4S. The first-order chi connectivity index (χ1) is 18.5.